The minimum absolute atomic E-state index is 0.00442. The van der Waals surface area contributed by atoms with E-state index in [4.69, 9.17) is 13.8 Å². The van der Waals surface area contributed by atoms with Crippen LogP contribution in [0.25, 0.3) is 0 Å². The number of benzene rings is 1. The molecule has 0 aromatic heterocycles. The van der Waals surface area contributed by atoms with Gasteiger partial charge in [-0.3, -0.25) is 9.05 Å². The molecule has 12 heteroatoms. The van der Waals surface area contributed by atoms with E-state index >= 15 is 0 Å². The monoisotopic (exact) mass is 614 g/mol. The summed E-state index contributed by atoms with van der Waals surface area (Å²) in [5, 5.41) is 0. The van der Waals surface area contributed by atoms with Crippen LogP contribution in [0.1, 0.15) is 90.5 Å². The van der Waals surface area contributed by atoms with Crippen molar-refractivity contribution < 1.29 is 44.5 Å². The second-order valence-electron chi connectivity index (χ2n) is 9.47. The van der Waals surface area contributed by atoms with E-state index in [9.17, 15) is 26.2 Å². The van der Waals surface area contributed by atoms with Crippen LogP contribution in [0.4, 0.5) is 13.2 Å². The molecule has 0 saturated carbocycles. The average molecular weight is 615 g/mol. The number of hydrogen-bond acceptors (Lipinski definition) is 7. The fourth-order valence-corrected chi connectivity index (χ4v) is 6.28. The van der Waals surface area contributed by atoms with Crippen molar-refractivity contribution >= 4 is 17.7 Å². The molecule has 0 aliphatic carbocycles. The van der Waals surface area contributed by atoms with E-state index in [0.29, 0.717) is 17.7 Å². The Morgan fingerprint density at radius 2 is 1.35 bits per heavy atom. The van der Waals surface area contributed by atoms with Gasteiger partial charge in [0.1, 0.15) is 12.4 Å². The summed E-state index contributed by atoms with van der Waals surface area (Å²) in [7, 11) is -7.62. The van der Waals surface area contributed by atoms with E-state index in [-0.39, 0.29) is 37.7 Å². The lowest BCUT2D eigenvalue weighted by molar-refractivity contribution is -0.120. The van der Waals surface area contributed by atoms with Gasteiger partial charge in [-0.1, -0.05) is 76.8 Å². The average Bonchev–Trinajstić information content (AvgIpc) is 2.88. The number of unbranched alkanes of at least 4 members (excludes halogenated alkanes) is 9. The molecule has 0 radical (unpaired) electrons. The van der Waals surface area contributed by atoms with Gasteiger partial charge < -0.3 is 9.26 Å². The van der Waals surface area contributed by atoms with Crippen LogP contribution in [-0.4, -0.2) is 45.9 Å². The molecule has 0 amide bonds. The van der Waals surface area contributed by atoms with E-state index in [2.05, 4.69) is 11.4 Å². The van der Waals surface area contributed by atoms with Crippen molar-refractivity contribution in [1.29, 1.82) is 0 Å². The van der Waals surface area contributed by atoms with Gasteiger partial charge in [0.05, 0.1) is 24.7 Å². The van der Waals surface area contributed by atoms with E-state index in [0.717, 1.165) is 25.3 Å². The number of sulfone groups is 1. The van der Waals surface area contributed by atoms with Crippen LogP contribution < -0.4 is 4.74 Å². The third kappa shape index (κ3) is 16.7. The third-order valence-corrected chi connectivity index (χ3v) is 9.25. The molecule has 1 rings (SSSR count). The highest BCUT2D eigenvalue weighted by Crippen LogP contribution is 2.53. The normalized spacial score (nSPS) is 13.0. The molecule has 0 N–H and O–H groups in total. The van der Waals surface area contributed by atoms with Crippen molar-refractivity contribution in [3.63, 3.8) is 0 Å². The molecular formula is C28H46F3O7PS. The highest BCUT2D eigenvalue weighted by Gasteiger charge is 2.42. The Balaban J connectivity index is 2.46. The van der Waals surface area contributed by atoms with Crippen LogP contribution in [0.15, 0.2) is 36.1 Å². The minimum Gasteiger partial charge on any atom is -0.493 e. The molecule has 0 fully saturated rings. The van der Waals surface area contributed by atoms with E-state index in [1.807, 2.05) is 0 Å². The zero-order valence-electron chi connectivity index (χ0n) is 24.0. The number of hydrogen-bond donors (Lipinski definition) is 0. The van der Waals surface area contributed by atoms with Crippen LogP contribution in [-0.2, 0) is 34.4 Å². The Hall–Kier alpha value is -1.55. The third-order valence-electron chi connectivity index (χ3n) is 5.98. The molecule has 40 heavy (non-hydrogen) atoms. The minimum atomic E-state index is -4.90. The summed E-state index contributed by atoms with van der Waals surface area (Å²) in [6, 6.07) is 6.22. The molecule has 0 aliphatic heterocycles. The summed E-state index contributed by atoms with van der Waals surface area (Å²) >= 11 is 0. The zero-order chi connectivity index (χ0) is 29.9. The van der Waals surface area contributed by atoms with Gasteiger partial charge in [-0.15, -0.1) is 0 Å². The van der Waals surface area contributed by atoms with Crippen LogP contribution in [0, 0.1) is 0 Å². The summed E-state index contributed by atoms with van der Waals surface area (Å²) in [6.45, 7) is 4.82. The summed E-state index contributed by atoms with van der Waals surface area (Å²) in [4.78, 5) is 0. The topological polar surface area (TPSA) is 88.1 Å². The van der Waals surface area contributed by atoms with Crippen LogP contribution >= 0.6 is 7.82 Å². The fraction of sp³-hybridized carbons (Fsp3) is 0.714. The molecule has 0 heterocycles. The number of alkyl halides is 3. The molecule has 0 saturated heterocycles. The Labute approximate surface area is 238 Å². The van der Waals surface area contributed by atoms with Crippen molar-refractivity contribution in [2.24, 2.45) is 0 Å². The maximum atomic E-state index is 13.4. The smallest absolute Gasteiger partial charge is 0.493 e. The standard InChI is InChI=1S/C28H46F3O7PS/c1-4-7-8-9-10-11-12-13-14-15-23-40(33,34)24-22-35-26-19-16-25(17-20-26)18-21-27(28(29,30)31)38-39(32,36-5-2)37-6-3/h16-17,19-21H,4-15,18,22-24H2,1-3H3/b27-21-. The van der Waals surface area contributed by atoms with E-state index < -0.39 is 29.6 Å². The maximum absolute atomic E-state index is 13.4. The molecule has 1 aromatic carbocycles. The van der Waals surface area contributed by atoms with Gasteiger partial charge >= 0.3 is 14.0 Å². The first-order valence-corrected chi connectivity index (χ1v) is 17.5. The second kappa shape index (κ2) is 19.5. The first-order chi connectivity index (χ1) is 18.9. The van der Waals surface area contributed by atoms with Crippen LogP contribution in [0.5, 0.6) is 5.75 Å². The maximum Gasteiger partial charge on any atom is 0.530 e. The SMILES string of the molecule is CCCCCCCCCCCCS(=O)(=O)CCOc1ccc(C/C=C(\OP(=O)(OCC)OCC)C(F)(F)F)cc1. The highest BCUT2D eigenvalue weighted by atomic mass is 32.2. The molecule has 0 unspecified atom stereocenters. The van der Waals surface area contributed by atoms with Gasteiger partial charge in [-0.05, 0) is 50.5 Å². The summed E-state index contributed by atoms with van der Waals surface area (Å²) in [5.74, 6) is -1.01. The van der Waals surface area contributed by atoms with Crippen molar-refractivity contribution in [3.8, 4) is 5.75 Å². The van der Waals surface area contributed by atoms with E-state index in [1.54, 1.807) is 24.3 Å². The number of halogens is 3. The molecular weight excluding hydrogens is 568 g/mol. The summed E-state index contributed by atoms with van der Waals surface area (Å²) < 4.78 is 97.0. The Kier molecular flexibility index (Phi) is 17.8. The highest BCUT2D eigenvalue weighted by molar-refractivity contribution is 7.91. The Bertz CT molecular complexity index is 986. The predicted octanol–water partition coefficient (Wildman–Crippen LogP) is 8.59. The second-order valence-corrected chi connectivity index (χ2v) is 13.4. The van der Waals surface area contributed by atoms with Crippen molar-refractivity contribution in [2.45, 2.75) is 97.6 Å². The van der Waals surface area contributed by atoms with Crippen molar-refractivity contribution in [2.75, 3.05) is 31.3 Å². The number of allylic oxidation sites excluding steroid dienone is 2. The lowest BCUT2D eigenvalue weighted by Gasteiger charge is -2.20. The van der Waals surface area contributed by atoms with Gasteiger partial charge in [-0.25, -0.2) is 13.0 Å². The van der Waals surface area contributed by atoms with Gasteiger partial charge in [0.25, 0.3) is 0 Å². The zero-order valence-corrected chi connectivity index (χ0v) is 25.8. The summed E-state index contributed by atoms with van der Waals surface area (Å²) in [5.41, 5.74) is 0.508. The largest absolute Gasteiger partial charge is 0.530 e. The van der Waals surface area contributed by atoms with E-state index in [1.165, 1.54) is 52.4 Å². The molecule has 0 atom stereocenters. The molecule has 0 bridgehead atoms. The van der Waals surface area contributed by atoms with Crippen molar-refractivity contribution in [1.82, 2.24) is 0 Å². The van der Waals surface area contributed by atoms with Crippen molar-refractivity contribution in [3.05, 3.63) is 41.7 Å². The Morgan fingerprint density at radius 3 is 1.85 bits per heavy atom. The fourth-order valence-electron chi connectivity index (χ4n) is 3.86. The van der Waals surface area contributed by atoms with Gasteiger partial charge in [0.15, 0.2) is 9.84 Å². The number of ether oxygens (including phenoxy) is 1. The number of rotatable bonds is 23. The van der Waals surface area contributed by atoms with Crippen LogP contribution in [0.3, 0.4) is 0 Å². The van der Waals surface area contributed by atoms with Gasteiger partial charge in [0, 0.05) is 0 Å². The molecule has 0 spiro atoms. The lowest BCUT2D eigenvalue weighted by atomic mass is 10.1. The number of phosphoric ester groups is 1. The first kappa shape index (κ1) is 36.5. The molecule has 1 aromatic rings. The Morgan fingerprint density at radius 1 is 0.825 bits per heavy atom. The molecule has 0 aliphatic rings. The van der Waals surface area contributed by atoms with Gasteiger partial charge in [0.2, 0.25) is 5.76 Å². The predicted molar refractivity (Wildman–Crippen MR) is 152 cm³/mol. The quantitative estimate of drug-likeness (QED) is 0.0693. The molecule has 7 nitrogen and oxygen atoms in total. The van der Waals surface area contributed by atoms with Gasteiger partial charge in [-0.2, -0.15) is 13.2 Å². The summed E-state index contributed by atoms with van der Waals surface area (Å²) in [6.07, 6.45) is 7.03. The molecule has 232 valence electrons. The van der Waals surface area contributed by atoms with Crippen LogP contribution in [0.2, 0.25) is 0 Å². The number of phosphoric acid groups is 1. The first-order valence-electron chi connectivity index (χ1n) is 14.2. The lowest BCUT2D eigenvalue weighted by Crippen LogP contribution is -2.17.